The molecular weight excluding hydrogens is 464 g/mol. The zero-order valence-corrected chi connectivity index (χ0v) is 16.9. The summed E-state index contributed by atoms with van der Waals surface area (Å²) >= 11 is 11.8. The number of nitrogens with zero attached hydrogens (tertiary/aromatic N) is 3. The van der Waals surface area contributed by atoms with Gasteiger partial charge in [0, 0.05) is 30.3 Å². The lowest BCUT2D eigenvalue weighted by Crippen LogP contribution is -2.13. The maximum Gasteiger partial charge on any atom is 0.433 e. The first-order valence-electron chi connectivity index (χ1n) is 8.29. The van der Waals surface area contributed by atoms with Crippen molar-refractivity contribution in [1.29, 1.82) is 0 Å². The summed E-state index contributed by atoms with van der Waals surface area (Å²) in [5, 5.41) is 17.5. The van der Waals surface area contributed by atoms with Crippen LogP contribution >= 0.6 is 23.2 Å². The first kappa shape index (κ1) is 22.4. The van der Waals surface area contributed by atoms with E-state index in [1.54, 1.807) is 0 Å². The van der Waals surface area contributed by atoms with E-state index in [0.29, 0.717) is 15.8 Å². The summed E-state index contributed by atoms with van der Waals surface area (Å²) in [5.74, 6) is -0.906. The second-order valence-corrected chi connectivity index (χ2v) is 6.98. The monoisotopic (exact) mass is 474 g/mol. The lowest BCUT2D eigenvalue weighted by atomic mass is 10.2. The Bertz CT molecular complexity index is 1180. The smallest absolute Gasteiger partial charge is 0.433 e. The average Bonchev–Trinajstić information content (AvgIpc) is 3.06. The summed E-state index contributed by atoms with van der Waals surface area (Å²) < 4.78 is 44.8. The van der Waals surface area contributed by atoms with E-state index >= 15 is 0 Å². The van der Waals surface area contributed by atoms with E-state index in [4.69, 9.17) is 27.9 Å². The summed E-state index contributed by atoms with van der Waals surface area (Å²) in [6.45, 7) is 0. The molecule has 8 nitrogen and oxygen atoms in total. The van der Waals surface area contributed by atoms with Crippen LogP contribution in [0.1, 0.15) is 16.2 Å². The molecule has 0 aliphatic rings. The van der Waals surface area contributed by atoms with Crippen LogP contribution in [-0.4, -0.2) is 20.6 Å². The standard InChI is InChI=1S/C18H11Cl2F3N4O4/c1-26-16(18(21,22)23)8-14(25-26)17(28)24-10-5-11(27(29)30)7-12(6-10)31-15-3-2-9(19)4-13(15)20/h2-8H,1H3,(H,24,28). The lowest BCUT2D eigenvalue weighted by molar-refractivity contribution is -0.384. The van der Waals surface area contributed by atoms with Gasteiger partial charge in [0.25, 0.3) is 11.6 Å². The van der Waals surface area contributed by atoms with Crippen molar-refractivity contribution in [2.45, 2.75) is 6.18 Å². The molecule has 0 aliphatic carbocycles. The summed E-state index contributed by atoms with van der Waals surface area (Å²) in [7, 11) is 1.04. The highest BCUT2D eigenvalue weighted by molar-refractivity contribution is 6.35. The van der Waals surface area contributed by atoms with Gasteiger partial charge in [0.2, 0.25) is 0 Å². The van der Waals surface area contributed by atoms with E-state index in [9.17, 15) is 28.1 Å². The van der Waals surface area contributed by atoms with Gasteiger partial charge in [-0.25, -0.2) is 0 Å². The van der Waals surface area contributed by atoms with Gasteiger partial charge in [-0.2, -0.15) is 18.3 Å². The molecule has 2 aromatic carbocycles. The highest BCUT2D eigenvalue weighted by atomic mass is 35.5. The summed E-state index contributed by atoms with van der Waals surface area (Å²) in [4.78, 5) is 22.9. The fraction of sp³-hybridized carbons (Fsp3) is 0.111. The van der Waals surface area contributed by atoms with Crippen molar-refractivity contribution in [2.24, 2.45) is 7.05 Å². The minimum Gasteiger partial charge on any atom is -0.455 e. The second-order valence-electron chi connectivity index (χ2n) is 6.14. The zero-order valence-electron chi connectivity index (χ0n) is 15.4. The third-order valence-corrected chi connectivity index (χ3v) is 4.42. The van der Waals surface area contributed by atoms with Crippen molar-refractivity contribution in [1.82, 2.24) is 9.78 Å². The summed E-state index contributed by atoms with van der Waals surface area (Å²) in [6.07, 6.45) is -4.70. The largest absolute Gasteiger partial charge is 0.455 e. The predicted octanol–water partition coefficient (Wildman–Crippen LogP) is 5.70. The number of hydrogen-bond acceptors (Lipinski definition) is 5. The second kappa shape index (κ2) is 8.44. The summed E-state index contributed by atoms with van der Waals surface area (Å²) in [6, 6.07) is 8.24. The van der Waals surface area contributed by atoms with Crippen LogP contribution in [0.15, 0.2) is 42.5 Å². The van der Waals surface area contributed by atoms with Crippen LogP contribution in [-0.2, 0) is 13.2 Å². The van der Waals surface area contributed by atoms with Crippen LogP contribution in [0.4, 0.5) is 24.5 Å². The molecule has 0 unspecified atom stereocenters. The quantitative estimate of drug-likeness (QED) is 0.377. The number of carbonyl (C=O) groups excluding carboxylic acids is 1. The van der Waals surface area contributed by atoms with E-state index in [1.165, 1.54) is 24.3 Å². The van der Waals surface area contributed by atoms with E-state index in [-0.39, 0.29) is 22.2 Å². The Morgan fingerprint density at radius 2 is 1.90 bits per heavy atom. The van der Waals surface area contributed by atoms with Crippen molar-refractivity contribution in [2.75, 3.05) is 5.32 Å². The molecule has 0 aliphatic heterocycles. The number of anilines is 1. The SMILES string of the molecule is Cn1nc(C(=O)Nc2cc(Oc3ccc(Cl)cc3Cl)cc([N+](=O)[O-])c2)cc1C(F)(F)F. The van der Waals surface area contributed by atoms with Gasteiger partial charge in [0.15, 0.2) is 5.69 Å². The van der Waals surface area contributed by atoms with Gasteiger partial charge < -0.3 is 10.1 Å². The van der Waals surface area contributed by atoms with E-state index in [1.807, 2.05) is 0 Å². The predicted molar refractivity (Wildman–Crippen MR) is 106 cm³/mol. The van der Waals surface area contributed by atoms with Gasteiger partial charge in [-0.1, -0.05) is 23.2 Å². The molecule has 3 rings (SSSR count). The third kappa shape index (κ3) is 5.25. The van der Waals surface area contributed by atoms with E-state index in [0.717, 1.165) is 19.2 Å². The van der Waals surface area contributed by atoms with Crippen LogP contribution in [0.25, 0.3) is 0 Å². The average molecular weight is 475 g/mol. The number of nitrogens with one attached hydrogen (secondary N) is 1. The molecule has 0 bridgehead atoms. The number of ether oxygens (including phenoxy) is 1. The number of carbonyl (C=O) groups is 1. The zero-order chi connectivity index (χ0) is 22.9. The molecule has 162 valence electrons. The minimum atomic E-state index is -4.70. The third-order valence-electron chi connectivity index (χ3n) is 3.88. The van der Waals surface area contributed by atoms with Gasteiger partial charge in [0.1, 0.15) is 17.2 Å². The molecule has 3 aromatic rings. The van der Waals surface area contributed by atoms with Crippen molar-refractivity contribution >= 4 is 40.5 Å². The topological polar surface area (TPSA) is 99.3 Å². The molecule has 1 heterocycles. The van der Waals surface area contributed by atoms with Gasteiger partial charge in [-0.3, -0.25) is 19.6 Å². The number of aryl methyl sites for hydroxylation is 1. The van der Waals surface area contributed by atoms with E-state index in [2.05, 4.69) is 10.4 Å². The van der Waals surface area contributed by atoms with Crippen molar-refractivity contribution < 1.29 is 27.6 Å². The number of hydrogen-bond donors (Lipinski definition) is 1. The number of alkyl halides is 3. The molecule has 0 saturated heterocycles. The van der Waals surface area contributed by atoms with Crippen LogP contribution in [0.5, 0.6) is 11.5 Å². The van der Waals surface area contributed by atoms with Crippen LogP contribution < -0.4 is 10.1 Å². The number of non-ortho nitro benzene ring substituents is 1. The molecule has 13 heteroatoms. The minimum absolute atomic E-state index is 0.0503. The Balaban J connectivity index is 1.90. The van der Waals surface area contributed by atoms with Gasteiger partial charge in [-0.15, -0.1) is 0 Å². The Labute approximate surface area is 182 Å². The molecule has 0 fully saturated rings. The van der Waals surface area contributed by atoms with Gasteiger partial charge >= 0.3 is 6.18 Å². The fourth-order valence-corrected chi connectivity index (χ4v) is 2.99. The lowest BCUT2D eigenvalue weighted by Gasteiger charge is -2.10. The first-order valence-corrected chi connectivity index (χ1v) is 9.04. The van der Waals surface area contributed by atoms with Crippen molar-refractivity contribution in [3.8, 4) is 11.5 Å². The van der Waals surface area contributed by atoms with Gasteiger partial charge in [0.05, 0.1) is 21.7 Å². The number of benzene rings is 2. The maximum absolute atomic E-state index is 12.9. The van der Waals surface area contributed by atoms with Crippen LogP contribution in [0.3, 0.4) is 0 Å². The van der Waals surface area contributed by atoms with Gasteiger partial charge in [-0.05, 0) is 18.2 Å². The number of nitro benzene ring substituents is 1. The Hall–Kier alpha value is -3.31. The fourth-order valence-electron chi connectivity index (χ4n) is 2.54. The molecule has 1 N–H and O–H groups in total. The van der Waals surface area contributed by atoms with Crippen LogP contribution in [0.2, 0.25) is 10.0 Å². The highest BCUT2D eigenvalue weighted by Gasteiger charge is 2.35. The molecule has 0 atom stereocenters. The maximum atomic E-state index is 12.9. The first-order chi connectivity index (χ1) is 14.4. The number of halogens is 5. The highest BCUT2D eigenvalue weighted by Crippen LogP contribution is 2.35. The number of rotatable bonds is 5. The van der Waals surface area contributed by atoms with Crippen molar-refractivity contribution in [3.63, 3.8) is 0 Å². The Kier molecular flexibility index (Phi) is 6.09. The number of aromatic nitrogens is 2. The molecule has 0 saturated carbocycles. The molecule has 1 aromatic heterocycles. The van der Waals surface area contributed by atoms with Crippen molar-refractivity contribution in [3.05, 3.63) is 74.0 Å². The van der Waals surface area contributed by atoms with Crippen LogP contribution in [0, 0.1) is 10.1 Å². The molecule has 31 heavy (non-hydrogen) atoms. The number of amides is 1. The number of nitro groups is 1. The molecule has 1 amide bonds. The summed E-state index contributed by atoms with van der Waals surface area (Å²) in [5.41, 5.74) is -2.18. The Morgan fingerprint density at radius 3 is 2.48 bits per heavy atom. The Morgan fingerprint density at radius 1 is 1.19 bits per heavy atom. The van der Waals surface area contributed by atoms with E-state index < -0.39 is 34.1 Å². The molecule has 0 radical (unpaired) electrons. The molecule has 0 spiro atoms. The molecular formula is C18H11Cl2F3N4O4. The normalized spacial score (nSPS) is 11.3.